The van der Waals surface area contributed by atoms with Gasteiger partial charge in [-0.1, -0.05) is 29.3 Å². The van der Waals surface area contributed by atoms with Crippen LogP contribution in [0.15, 0.2) is 59.9 Å². The lowest BCUT2D eigenvalue weighted by Gasteiger charge is -2.19. The monoisotopic (exact) mass is 556 g/mol. The summed E-state index contributed by atoms with van der Waals surface area (Å²) in [5.41, 5.74) is 1.76. The summed E-state index contributed by atoms with van der Waals surface area (Å²) < 4.78 is 34.1. The van der Waals surface area contributed by atoms with Crippen LogP contribution in [0.4, 0.5) is 10.5 Å². The van der Waals surface area contributed by atoms with Crippen LogP contribution in [-0.4, -0.2) is 45.5 Å². The summed E-state index contributed by atoms with van der Waals surface area (Å²) in [6, 6.07) is 10.6. The Balaban J connectivity index is 1.52. The lowest BCUT2D eigenvalue weighted by molar-refractivity contribution is 0.0635. The minimum absolute atomic E-state index is 0.0344. The van der Waals surface area contributed by atoms with Gasteiger partial charge in [0.05, 0.1) is 40.4 Å². The molecule has 11 nitrogen and oxygen atoms in total. The van der Waals surface area contributed by atoms with Crippen molar-refractivity contribution < 1.29 is 22.7 Å². The minimum Gasteiger partial charge on any atom is -0.444 e. The predicted octanol–water partition coefficient (Wildman–Crippen LogP) is 4.30. The molecule has 0 aliphatic carbocycles. The molecule has 0 saturated carbocycles. The summed E-state index contributed by atoms with van der Waals surface area (Å²) in [6.45, 7) is 7.24. The van der Waals surface area contributed by atoms with Gasteiger partial charge in [0.1, 0.15) is 16.8 Å². The van der Waals surface area contributed by atoms with Gasteiger partial charge in [0.15, 0.2) is 5.65 Å². The molecule has 0 bridgehead atoms. The number of amides is 2. The summed E-state index contributed by atoms with van der Waals surface area (Å²) in [5, 5.41) is 2.85. The number of benzene rings is 1. The van der Waals surface area contributed by atoms with Crippen LogP contribution in [-0.2, 0) is 21.3 Å². The van der Waals surface area contributed by atoms with Gasteiger partial charge in [0.25, 0.3) is 15.9 Å². The highest BCUT2D eigenvalue weighted by atomic mass is 35.5. The van der Waals surface area contributed by atoms with Gasteiger partial charge in [-0.15, -0.1) is 0 Å². The average molecular weight is 557 g/mol. The number of fused-ring (bicyclic) bond motifs is 1. The van der Waals surface area contributed by atoms with E-state index in [2.05, 4.69) is 20.3 Å². The molecule has 0 fully saturated rings. The fourth-order valence-electron chi connectivity index (χ4n) is 3.37. The molecule has 13 heteroatoms. The standard InChI is InChI=1S/C25H25ClN6O5S/c1-15-5-7-17(8-6-15)38(35,36)31-23(33)20-10-9-19-22(30-20)32(14-28-19)13-21-18(26)11-16(12-27-21)29-24(34)37-25(2,3)4/h5-12,14H,13H2,1-4H3,(H,29,34)(H,31,33). The zero-order chi connectivity index (χ0) is 27.7. The van der Waals surface area contributed by atoms with E-state index in [0.29, 0.717) is 22.5 Å². The van der Waals surface area contributed by atoms with E-state index in [1.165, 1.54) is 36.8 Å². The minimum atomic E-state index is -4.08. The summed E-state index contributed by atoms with van der Waals surface area (Å²) >= 11 is 6.40. The molecule has 0 saturated heterocycles. The van der Waals surface area contributed by atoms with E-state index in [1.807, 2.05) is 11.6 Å². The highest BCUT2D eigenvalue weighted by Gasteiger charge is 2.21. The van der Waals surface area contributed by atoms with Crippen molar-refractivity contribution in [1.82, 2.24) is 24.2 Å². The van der Waals surface area contributed by atoms with Crippen LogP contribution in [0.2, 0.25) is 5.02 Å². The van der Waals surface area contributed by atoms with E-state index in [4.69, 9.17) is 16.3 Å². The van der Waals surface area contributed by atoms with Crippen molar-refractivity contribution in [3.05, 3.63) is 77.0 Å². The molecular formula is C25H25ClN6O5S. The maximum absolute atomic E-state index is 12.7. The van der Waals surface area contributed by atoms with Crippen LogP contribution < -0.4 is 10.0 Å². The lowest BCUT2D eigenvalue weighted by atomic mass is 10.2. The molecule has 0 unspecified atom stereocenters. The topological polar surface area (TPSA) is 145 Å². The summed E-state index contributed by atoms with van der Waals surface area (Å²) in [6.07, 6.45) is 2.31. The number of anilines is 1. The number of hydrogen-bond donors (Lipinski definition) is 2. The first-order chi connectivity index (χ1) is 17.8. The number of halogens is 1. The van der Waals surface area contributed by atoms with E-state index in [-0.39, 0.29) is 22.2 Å². The third-order valence-corrected chi connectivity index (χ3v) is 6.81. The zero-order valence-corrected chi connectivity index (χ0v) is 22.6. The molecule has 0 spiro atoms. The zero-order valence-electron chi connectivity index (χ0n) is 21.0. The van der Waals surface area contributed by atoms with Crippen molar-refractivity contribution in [3.63, 3.8) is 0 Å². The van der Waals surface area contributed by atoms with Crippen molar-refractivity contribution in [1.29, 1.82) is 0 Å². The Hall–Kier alpha value is -4.03. The number of hydrogen-bond acceptors (Lipinski definition) is 8. The predicted molar refractivity (Wildman–Crippen MR) is 142 cm³/mol. The normalized spacial score (nSPS) is 11.8. The second kappa shape index (κ2) is 10.4. The molecule has 3 aromatic heterocycles. The van der Waals surface area contributed by atoms with Gasteiger partial charge in [-0.2, -0.15) is 0 Å². The maximum atomic E-state index is 12.7. The molecule has 0 atom stereocenters. The lowest BCUT2D eigenvalue weighted by Crippen LogP contribution is -2.31. The summed E-state index contributed by atoms with van der Waals surface area (Å²) in [7, 11) is -4.08. The Bertz CT molecular complexity index is 1630. The molecule has 0 aliphatic rings. The number of carbonyl (C=O) groups excluding carboxylic acids is 2. The Labute approximate surface area is 224 Å². The number of rotatable bonds is 6. The Morgan fingerprint density at radius 3 is 2.45 bits per heavy atom. The van der Waals surface area contributed by atoms with E-state index >= 15 is 0 Å². The second-order valence-electron chi connectivity index (χ2n) is 9.44. The molecule has 2 amide bonds. The van der Waals surface area contributed by atoms with E-state index in [1.54, 1.807) is 43.5 Å². The largest absolute Gasteiger partial charge is 0.444 e. The van der Waals surface area contributed by atoms with Crippen molar-refractivity contribution >= 4 is 50.5 Å². The second-order valence-corrected chi connectivity index (χ2v) is 11.5. The Kier molecular flexibility index (Phi) is 7.38. The quantitative estimate of drug-likeness (QED) is 0.357. The molecule has 3 heterocycles. The van der Waals surface area contributed by atoms with Gasteiger partial charge in [-0.25, -0.2) is 27.9 Å². The number of pyridine rings is 2. The summed E-state index contributed by atoms with van der Waals surface area (Å²) in [4.78, 5) is 37.6. The molecule has 38 heavy (non-hydrogen) atoms. The average Bonchev–Trinajstić information content (AvgIpc) is 3.21. The number of aryl methyl sites for hydroxylation is 1. The van der Waals surface area contributed by atoms with E-state index in [0.717, 1.165) is 5.56 Å². The molecule has 4 rings (SSSR count). The van der Waals surface area contributed by atoms with Gasteiger partial charge in [-0.05, 0) is 58.0 Å². The molecule has 0 aliphatic heterocycles. The number of carbonyl (C=O) groups is 2. The van der Waals surface area contributed by atoms with Crippen molar-refractivity contribution in [2.45, 2.75) is 44.7 Å². The first-order valence-corrected chi connectivity index (χ1v) is 13.3. The van der Waals surface area contributed by atoms with Crippen LogP contribution in [0.25, 0.3) is 11.2 Å². The van der Waals surface area contributed by atoms with Crippen LogP contribution in [0.3, 0.4) is 0 Å². The molecule has 4 aromatic rings. The van der Waals surface area contributed by atoms with Gasteiger partial charge < -0.3 is 9.30 Å². The SMILES string of the molecule is Cc1ccc(S(=O)(=O)NC(=O)c2ccc3ncn(Cc4ncc(NC(=O)OC(C)(C)C)cc4Cl)c3n2)cc1. The van der Waals surface area contributed by atoms with Crippen molar-refractivity contribution in [2.24, 2.45) is 0 Å². The molecule has 1 aromatic carbocycles. The molecule has 0 radical (unpaired) electrons. The molecule has 198 valence electrons. The van der Waals surface area contributed by atoms with Gasteiger partial charge in [0, 0.05) is 0 Å². The van der Waals surface area contributed by atoms with E-state index in [9.17, 15) is 18.0 Å². The fourth-order valence-corrected chi connectivity index (χ4v) is 4.55. The van der Waals surface area contributed by atoms with Crippen molar-refractivity contribution in [3.8, 4) is 0 Å². The highest BCUT2D eigenvalue weighted by molar-refractivity contribution is 7.90. The van der Waals surface area contributed by atoms with Crippen molar-refractivity contribution in [2.75, 3.05) is 5.32 Å². The van der Waals surface area contributed by atoms with Gasteiger partial charge >= 0.3 is 6.09 Å². The number of nitrogens with zero attached hydrogens (tertiary/aromatic N) is 4. The first-order valence-electron chi connectivity index (χ1n) is 11.4. The van der Waals surface area contributed by atoms with Gasteiger partial charge in [0.2, 0.25) is 0 Å². The number of ether oxygens (including phenoxy) is 1. The van der Waals surface area contributed by atoms with Crippen LogP contribution in [0.1, 0.15) is 42.5 Å². The first kappa shape index (κ1) is 27.0. The highest BCUT2D eigenvalue weighted by Crippen LogP contribution is 2.22. The van der Waals surface area contributed by atoms with E-state index < -0.39 is 27.6 Å². The molecular weight excluding hydrogens is 532 g/mol. The number of sulfonamides is 1. The summed E-state index contributed by atoms with van der Waals surface area (Å²) in [5.74, 6) is -0.881. The molecule has 2 N–H and O–H groups in total. The van der Waals surface area contributed by atoms with Crippen LogP contribution in [0.5, 0.6) is 0 Å². The number of imidazole rings is 1. The third kappa shape index (κ3) is 6.45. The fraction of sp³-hybridized carbons (Fsp3) is 0.240. The smallest absolute Gasteiger partial charge is 0.412 e. The van der Waals surface area contributed by atoms with Crippen LogP contribution in [0, 0.1) is 6.92 Å². The number of nitrogens with one attached hydrogen (secondary N) is 2. The third-order valence-electron chi connectivity index (χ3n) is 5.14. The van der Waals surface area contributed by atoms with Crippen LogP contribution >= 0.6 is 11.6 Å². The maximum Gasteiger partial charge on any atom is 0.412 e. The Morgan fingerprint density at radius 1 is 1.08 bits per heavy atom. The Morgan fingerprint density at radius 2 is 1.79 bits per heavy atom. The van der Waals surface area contributed by atoms with Gasteiger partial charge in [-0.3, -0.25) is 15.1 Å². The number of aromatic nitrogens is 4.